The Bertz CT molecular complexity index is 904. The molecule has 0 saturated carbocycles. The standard InChI is InChI=1S/C21H20N2O4S/c1-2-27-21(26)16-6-3-4-7-17(16)22-20(25)15-9-11-23(12-10-15)14-18(24)19-8-5-13-28-19/h3-13,15H,2,14H2,1H3,(H,22,25). The highest BCUT2D eigenvalue weighted by Gasteiger charge is 2.20. The number of nitrogens with one attached hydrogen (secondary N) is 1. The number of Topliss-reactive ketones (excluding diaryl/α,β-unsaturated/α-hetero) is 1. The summed E-state index contributed by atoms with van der Waals surface area (Å²) in [5, 5.41) is 4.64. The van der Waals surface area contributed by atoms with Gasteiger partial charge in [0, 0.05) is 12.4 Å². The Morgan fingerprint density at radius 2 is 1.86 bits per heavy atom. The highest BCUT2D eigenvalue weighted by molar-refractivity contribution is 7.12. The first-order chi connectivity index (χ1) is 13.6. The van der Waals surface area contributed by atoms with Gasteiger partial charge in [0.05, 0.1) is 35.2 Å². The molecule has 1 N–H and O–H groups in total. The van der Waals surface area contributed by atoms with E-state index in [1.165, 1.54) is 11.3 Å². The molecule has 1 amide bonds. The molecule has 6 nitrogen and oxygen atoms in total. The molecule has 0 aliphatic carbocycles. The van der Waals surface area contributed by atoms with Crippen molar-refractivity contribution in [3.05, 3.63) is 76.8 Å². The maximum atomic E-state index is 12.6. The first-order valence-corrected chi connectivity index (χ1v) is 9.72. The Balaban J connectivity index is 1.61. The maximum Gasteiger partial charge on any atom is 0.340 e. The van der Waals surface area contributed by atoms with Gasteiger partial charge in [-0.1, -0.05) is 30.4 Å². The fourth-order valence-electron chi connectivity index (χ4n) is 2.68. The molecule has 7 heteroatoms. The van der Waals surface area contributed by atoms with Crippen LogP contribution in [0.2, 0.25) is 0 Å². The molecule has 3 rings (SSSR count). The predicted molar refractivity (Wildman–Crippen MR) is 108 cm³/mol. The largest absolute Gasteiger partial charge is 0.462 e. The molecule has 28 heavy (non-hydrogen) atoms. The summed E-state index contributed by atoms with van der Waals surface area (Å²) in [5.41, 5.74) is 0.715. The zero-order valence-electron chi connectivity index (χ0n) is 15.3. The van der Waals surface area contributed by atoms with Crippen LogP contribution in [0.1, 0.15) is 27.0 Å². The third-order valence-electron chi connectivity index (χ3n) is 4.07. The number of thiophene rings is 1. The molecule has 144 valence electrons. The van der Waals surface area contributed by atoms with Crippen molar-refractivity contribution < 1.29 is 19.1 Å². The minimum atomic E-state index is -0.497. The molecule has 1 aromatic heterocycles. The average molecular weight is 396 g/mol. The maximum absolute atomic E-state index is 12.6. The number of benzene rings is 1. The zero-order chi connectivity index (χ0) is 19.9. The summed E-state index contributed by atoms with van der Waals surface area (Å²) in [6.45, 7) is 2.20. The minimum Gasteiger partial charge on any atom is -0.462 e. The van der Waals surface area contributed by atoms with Crippen LogP contribution in [-0.2, 0) is 9.53 Å². The third-order valence-corrected chi connectivity index (χ3v) is 4.99. The first-order valence-electron chi connectivity index (χ1n) is 8.84. The summed E-state index contributed by atoms with van der Waals surface area (Å²) in [6, 6.07) is 10.4. The number of nitrogens with zero attached hydrogens (tertiary/aromatic N) is 1. The lowest BCUT2D eigenvalue weighted by Gasteiger charge is -2.21. The van der Waals surface area contributed by atoms with Gasteiger partial charge >= 0.3 is 5.97 Å². The number of rotatable bonds is 7. The van der Waals surface area contributed by atoms with Crippen LogP contribution in [0, 0.1) is 5.92 Å². The van der Waals surface area contributed by atoms with Crippen LogP contribution in [-0.4, -0.2) is 35.7 Å². The van der Waals surface area contributed by atoms with Gasteiger partial charge in [0.2, 0.25) is 5.91 Å². The molecule has 0 radical (unpaired) electrons. The predicted octanol–water partition coefficient (Wildman–Crippen LogP) is 3.71. The third kappa shape index (κ3) is 4.75. The SMILES string of the molecule is CCOC(=O)c1ccccc1NC(=O)C1C=CN(CC(=O)c2cccs2)C=C1. The van der Waals surface area contributed by atoms with Crippen LogP contribution in [0.5, 0.6) is 0 Å². The quantitative estimate of drug-likeness (QED) is 0.570. The summed E-state index contributed by atoms with van der Waals surface area (Å²) >= 11 is 1.41. The number of hydrogen-bond acceptors (Lipinski definition) is 6. The number of hydrogen-bond donors (Lipinski definition) is 1. The highest BCUT2D eigenvalue weighted by Crippen LogP contribution is 2.20. The monoisotopic (exact) mass is 396 g/mol. The van der Waals surface area contributed by atoms with E-state index in [2.05, 4.69) is 5.32 Å². The van der Waals surface area contributed by atoms with Crippen LogP contribution in [0.15, 0.2) is 66.3 Å². The van der Waals surface area contributed by atoms with E-state index in [1.54, 1.807) is 66.7 Å². The molecular formula is C21H20N2O4S. The average Bonchev–Trinajstić information content (AvgIpc) is 3.24. The number of ether oxygens (including phenoxy) is 1. The second-order valence-electron chi connectivity index (χ2n) is 6.04. The van der Waals surface area contributed by atoms with Crippen molar-refractivity contribution in [2.75, 3.05) is 18.5 Å². The molecule has 0 unspecified atom stereocenters. The van der Waals surface area contributed by atoms with Gasteiger partial charge in [-0.2, -0.15) is 0 Å². The molecule has 0 atom stereocenters. The second kappa shape index (κ2) is 9.14. The fraction of sp³-hybridized carbons (Fsp3) is 0.190. The van der Waals surface area contributed by atoms with Crippen LogP contribution >= 0.6 is 11.3 Å². The second-order valence-corrected chi connectivity index (χ2v) is 6.98. The summed E-state index contributed by atoms with van der Waals surface area (Å²) in [5.74, 6) is -1.22. The van der Waals surface area contributed by atoms with Gasteiger partial charge in [0.15, 0.2) is 5.78 Å². The molecular weight excluding hydrogens is 376 g/mol. The topological polar surface area (TPSA) is 75.7 Å². The number of ketones is 1. The van der Waals surface area contributed by atoms with Crippen molar-refractivity contribution in [1.29, 1.82) is 0 Å². The van der Waals surface area contributed by atoms with Crippen molar-refractivity contribution in [2.45, 2.75) is 6.92 Å². The minimum absolute atomic E-state index is 0.0237. The van der Waals surface area contributed by atoms with E-state index in [0.717, 1.165) is 0 Å². The number of anilines is 1. The highest BCUT2D eigenvalue weighted by atomic mass is 32.1. The van der Waals surface area contributed by atoms with Gasteiger partial charge in [-0.25, -0.2) is 4.79 Å². The van der Waals surface area contributed by atoms with Crippen molar-refractivity contribution in [3.8, 4) is 0 Å². The van der Waals surface area contributed by atoms with Gasteiger partial charge in [0.1, 0.15) is 0 Å². The van der Waals surface area contributed by atoms with Gasteiger partial charge in [-0.3, -0.25) is 9.59 Å². The van der Waals surface area contributed by atoms with E-state index in [1.807, 2.05) is 11.4 Å². The van der Waals surface area contributed by atoms with E-state index >= 15 is 0 Å². The summed E-state index contributed by atoms with van der Waals surface area (Å²) < 4.78 is 5.02. The zero-order valence-corrected chi connectivity index (χ0v) is 16.1. The van der Waals surface area contributed by atoms with Crippen LogP contribution in [0.25, 0.3) is 0 Å². The Morgan fingerprint density at radius 1 is 1.11 bits per heavy atom. The number of carbonyl (C=O) groups is 3. The van der Waals surface area contributed by atoms with Crippen LogP contribution in [0.4, 0.5) is 5.69 Å². The molecule has 1 aliphatic heterocycles. The van der Waals surface area contributed by atoms with Gasteiger partial charge in [0.25, 0.3) is 0 Å². The lowest BCUT2D eigenvalue weighted by Crippen LogP contribution is -2.27. The Kier molecular flexibility index (Phi) is 6.39. The number of amides is 1. The summed E-state index contributed by atoms with van der Waals surface area (Å²) in [6.07, 6.45) is 6.86. The molecule has 0 spiro atoms. The van der Waals surface area contributed by atoms with Crippen molar-refractivity contribution in [3.63, 3.8) is 0 Å². The molecule has 2 heterocycles. The molecule has 2 aromatic rings. The summed E-state index contributed by atoms with van der Waals surface area (Å²) in [7, 11) is 0. The molecule has 0 fully saturated rings. The molecule has 0 bridgehead atoms. The van der Waals surface area contributed by atoms with Gasteiger partial charge < -0.3 is 15.0 Å². The normalized spacial score (nSPS) is 13.4. The number of para-hydroxylation sites is 1. The number of esters is 1. The van der Waals surface area contributed by atoms with E-state index in [9.17, 15) is 14.4 Å². The van der Waals surface area contributed by atoms with Gasteiger partial charge in [-0.05, 0) is 30.5 Å². The molecule has 1 aliphatic rings. The molecule has 0 saturated heterocycles. The van der Waals surface area contributed by atoms with E-state index in [0.29, 0.717) is 16.1 Å². The first kappa shape index (κ1) is 19.6. The van der Waals surface area contributed by atoms with Crippen molar-refractivity contribution in [2.24, 2.45) is 5.92 Å². The Morgan fingerprint density at radius 3 is 2.54 bits per heavy atom. The lowest BCUT2D eigenvalue weighted by atomic mass is 10.1. The van der Waals surface area contributed by atoms with Crippen LogP contribution in [0.3, 0.4) is 0 Å². The van der Waals surface area contributed by atoms with Crippen LogP contribution < -0.4 is 5.32 Å². The Labute approximate surface area is 167 Å². The van der Waals surface area contributed by atoms with Crippen molar-refractivity contribution in [1.82, 2.24) is 4.90 Å². The molecule has 1 aromatic carbocycles. The van der Waals surface area contributed by atoms with Gasteiger partial charge in [-0.15, -0.1) is 11.3 Å². The van der Waals surface area contributed by atoms with E-state index in [-0.39, 0.29) is 24.8 Å². The van der Waals surface area contributed by atoms with E-state index in [4.69, 9.17) is 4.74 Å². The fourth-order valence-corrected chi connectivity index (χ4v) is 3.33. The number of carbonyl (C=O) groups excluding carboxylic acids is 3. The van der Waals surface area contributed by atoms with E-state index < -0.39 is 11.9 Å². The smallest absolute Gasteiger partial charge is 0.340 e. The Hall–Kier alpha value is -3.19. The summed E-state index contributed by atoms with van der Waals surface area (Å²) in [4.78, 5) is 39.2. The lowest BCUT2D eigenvalue weighted by molar-refractivity contribution is -0.117. The van der Waals surface area contributed by atoms with Crippen molar-refractivity contribution >= 4 is 34.7 Å².